The molecule has 0 bridgehead atoms. The lowest BCUT2D eigenvalue weighted by Crippen LogP contribution is -2.18. The van der Waals surface area contributed by atoms with E-state index in [1.807, 2.05) is 11.4 Å². The van der Waals surface area contributed by atoms with E-state index in [4.69, 9.17) is 11.6 Å². The molecule has 1 atom stereocenters. The Morgan fingerprint density at radius 1 is 1.41 bits per heavy atom. The zero-order valence-electron chi connectivity index (χ0n) is 9.01. The maximum absolute atomic E-state index is 13.9. The molecule has 1 unspecified atom stereocenters. The second kappa shape index (κ2) is 5.48. The third kappa shape index (κ3) is 2.55. The zero-order chi connectivity index (χ0) is 12.4. The van der Waals surface area contributed by atoms with Gasteiger partial charge in [-0.05, 0) is 46.6 Å². The Kier molecular flexibility index (Phi) is 4.20. The molecule has 2 rings (SSSR count). The van der Waals surface area contributed by atoms with Crippen molar-refractivity contribution in [2.45, 2.75) is 6.04 Å². The zero-order valence-corrected chi connectivity index (χ0v) is 12.2. The monoisotopic (exact) mass is 333 g/mol. The predicted molar refractivity (Wildman–Crippen MR) is 74.3 cm³/mol. The smallest absolute Gasteiger partial charge is 0.129 e. The normalized spacial score (nSPS) is 12.7. The molecule has 2 aromatic rings. The van der Waals surface area contributed by atoms with Gasteiger partial charge in [0.2, 0.25) is 0 Å². The SMILES string of the molecule is CNC(c1sccc1Br)c1c(F)cccc1Cl. The van der Waals surface area contributed by atoms with Crippen molar-refractivity contribution in [3.8, 4) is 0 Å². The van der Waals surface area contributed by atoms with E-state index in [0.29, 0.717) is 10.6 Å². The van der Waals surface area contributed by atoms with E-state index >= 15 is 0 Å². The lowest BCUT2D eigenvalue weighted by Gasteiger charge is -2.18. The molecule has 0 aliphatic rings. The van der Waals surface area contributed by atoms with Crippen LogP contribution in [0, 0.1) is 5.82 Å². The minimum atomic E-state index is -0.294. The number of benzene rings is 1. The lowest BCUT2D eigenvalue weighted by molar-refractivity contribution is 0.579. The van der Waals surface area contributed by atoms with Crippen LogP contribution in [0.1, 0.15) is 16.5 Å². The summed E-state index contributed by atoms with van der Waals surface area (Å²) in [5, 5.41) is 5.49. The van der Waals surface area contributed by atoms with Gasteiger partial charge in [-0.25, -0.2) is 4.39 Å². The van der Waals surface area contributed by atoms with Crippen molar-refractivity contribution in [2.75, 3.05) is 7.05 Å². The first-order chi connectivity index (χ1) is 8.15. The van der Waals surface area contributed by atoms with Crippen LogP contribution in [0.4, 0.5) is 4.39 Å². The fourth-order valence-corrected chi connectivity index (χ4v) is 3.70. The minimum Gasteiger partial charge on any atom is -0.308 e. The van der Waals surface area contributed by atoms with Crippen molar-refractivity contribution >= 4 is 38.9 Å². The van der Waals surface area contributed by atoms with E-state index in [-0.39, 0.29) is 11.9 Å². The van der Waals surface area contributed by atoms with Crippen molar-refractivity contribution in [1.29, 1.82) is 0 Å². The molecule has 1 heterocycles. The molecule has 90 valence electrons. The topological polar surface area (TPSA) is 12.0 Å². The number of rotatable bonds is 3. The molecule has 0 saturated carbocycles. The Hall–Kier alpha value is -0.420. The maximum Gasteiger partial charge on any atom is 0.129 e. The summed E-state index contributed by atoms with van der Waals surface area (Å²) in [5.74, 6) is -0.294. The van der Waals surface area contributed by atoms with Gasteiger partial charge >= 0.3 is 0 Å². The van der Waals surface area contributed by atoms with Crippen LogP contribution in [0.15, 0.2) is 34.1 Å². The van der Waals surface area contributed by atoms with E-state index < -0.39 is 0 Å². The van der Waals surface area contributed by atoms with Crippen LogP contribution in [0.2, 0.25) is 5.02 Å². The predicted octanol–water partition coefficient (Wildman–Crippen LogP) is 4.61. The van der Waals surface area contributed by atoms with Gasteiger partial charge < -0.3 is 5.32 Å². The summed E-state index contributed by atoms with van der Waals surface area (Å²) in [6.45, 7) is 0. The molecular formula is C12H10BrClFNS. The largest absolute Gasteiger partial charge is 0.308 e. The van der Waals surface area contributed by atoms with E-state index in [1.54, 1.807) is 30.5 Å². The second-order valence-electron chi connectivity index (χ2n) is 3.49. The maximum atomic E-state index is 13.9. The molecule has 0 radical (unpaired) electrons. The molecule has 0 amide bonds. The van der Waals surface area contributed by atoms with Crippen LogP contribution < -0.4 is 5.32 Å². The van der Waals surface area contributed by atoms with E-state index in [2.05, 4.69) is 21.2 Å². The molecule has 0 saturated heterocycles. The van der Waals surface area contributed by atoms with Gasteiger partial charge in [-0.3, -0.25) is 0 Å². The molecule has 1 N–H and O–H groups in total. The van der Waals surface area contributed by atoms with Gasteiger partial charge in [0.25, 0.3) is 0 Å². The first kappa shape index (κ1) is 13.0. The van der Waals surface area contributed by atoms with Gasteiger partial charge in [-0.2, -0.15) is 0 Å². The number of hydrogen-bond acceptors (Lipinski definition) is 2. The second-order valence-corrected chi connectivity index (χ2v) is 5.70. The summed E-state index contributed by atoms with van der Waals surface area (Å²) < 4.78 is 14.8. The van der Waals surface area contributed by atoms with Crippen molar-refractivity contribution in [1.82, 2.24) is 5.32 Å². The summed E-state index contributed by atoms with van der Waals surface area (Å²) in [5.41, 5.74) is 0.486. The van der Waals surface area contributed by atoms with Gasteiger partial charge in [0, 0.05) is 19.9 Å². The number of hydrogen-bond donors (Lipinski definition) is 1. The number of halogens is 3. The highest BCUT2D eigenvalue weighted by Gasteiger charge is 2.22. The quantitative estimate of drug-likeness (QED) is 0.864. The fraction of sp³-hybridized carbons (Fsp3) is 0.167. The van der Waals surface area contributed by atoms with Crippen molar-refractivity contribution in [3.05, 3.63) is 55.4 Å². The van der Waals surface area contributed by atoms with Crippen molar-refractivity contribution in [2.24, 2.45) is 0 Å². The van der Waals surface area contributed by atoms with E-state index in [1.165, 1.54) is 6.07 Å². The van der Waals surface area contributed by atoms with Crippen LogP contribution >= 0.6 is 38.9 Å². The molecular weight excluding hydrogens is 325 g/mol. The van der Waals surface area contributed by atoms with Gasteiger partial charge in [0.15, 0.2) is 0 Å². The van der Waals surface area contributed by atoms with Gasteiger partial charge in [-0.1, -0.05) is 17.7 Å². The molecule has 0 aliphatic carbocycles. The van der Waals surface area contributed by atoms with Crippen molar-refractivity contribution in [3.63, 3.8) is 0 Å². The first-order valence-electron chi connectivity index (χ1n) is 4.99. The van der Waals surface area contributed by atoms with E-state index in [0.717, 1.165) is 9.35 Å². The molecule has 0 spiro atoms. The minimum absolute atomic E-state index is 0.238. The van der Waals surface area contributed by atoms with Crippen LogP contribution in [0.25, 0.3) is 0 Å². The highest BCUT2D eigenvalue weighted by atomic mass is 79.9. The first-order valence-corrected chi connectivity index (χ1v) is 7.04. The lowest BCUT2D eigenvalue weighted by atomic mass is 10.0. The van der Waals surface area contributed by atoms with Crippen LogP contribution in [0.3, 0.4) is 0 Å². The van der Waals surface area contributed by atoms with Crippen LogP contribution in [0.5, 0.6) is 0 Å². The Bertz CT molecular complexity index is 509. The van der Waals surface area contributed by atoms with Crippen LogP contribution in [-0.4, -0.2) is 7.05 Å². The molecule has 0 fully saturated rings. The van der Waals surface area contributed by atoms with Gasteiger partial charge in [-0.15, -0.1) is 11.3 Å². The van der Waals surface area contributed by atoms with E-state index in [9.17, 15) is 4.39 Å². The van der Waals surface area contributed by atoms with Gasteiger partial charge in [0.05, 0.1) is 6.04 Å². The summed E-state index contributed by atoms with van der Waals surface area (Å²) in [7, 11) is 1.79. The summed E-state index contributed by atoms with van der Waals surface area (Å²) in [6.07, 6.45) is 0. The Labute approximate surface area is 117 Å². The number of nitrogens with one attached hydrogen (secondary N) is 1. The number of thiophene rings is 1. The van der Waals surface area contributed by atoms with Crippen molar-refractivity contribution < 1.29 is 4.39 Å². The molecule has 0 aliphatic heterocycles. The van der Waals surface area contributed by atoms with Crippen LogP contribution in [-0.2, 0) is 0 Å². The van der Waals surface area contributed by atoms with Gasteiger partial charge in [0.1, 0.15) is 5.82 Å². The molecule has 1 aromatic heterocycles. The average molecular weight is 335 g/mol. The Morgan fingerprint density at radius 2 is 2.18 bits per heavy atom. The third-order valence-electron chi connectivity index (χ3n) is 2.48. The Balaban J connectivity index is 2.53. The third-order valence-corrected chi connectivity index (χ3v) is 4.75. The summed E-state index contributed by atoms with van der Waals surface area (Å²) in [4.78, 5) is 1.01. The highest BCUT2D eigenvalue weighted by Crippen LogP contribution is 2.36. The average Bonchev–Trinajstić information content (AvgIpc) is 2.70. The molecule has 1 nitrogen and oxygen atoms in total. The molecule has 17 heavy (non-hydrogen) atoms. The summed E-state index contributed by atoms with van der Waals surface area (Å²) >= 11 is 11.1. The fourth-order valence-electron chi connectivity index (χ4n) is 1.70. The Morgan fingerprint density at radius 3 is 2.71 bits per heavy atom. The summed E-state index contributed by atoms with van der Waals surface area (Å²) in [6, 6.07) is 6.44. The highest BCUT2D eigenvalue weighted by molar-refractivity contribution is 9.10. The standard InChI is InChI=1S/C12H10BrClFNS/c1-16-11(12-7(13)5-6-17-12)10-8(14)3-2-4-9(10)15/h2-6,11,16H,1H3. The molecule has 5 heteroatoms. The molecule has 1 aromatic carbocycles.